The van der Waals surface area contributed by atoms with Crippen molar-refractivity contribution in [3.63, 3.8) is 0 Å². The van der Waals surface area contributed by atoms with Gasteiger partial charge in [-0.15, -0.1) is 0 Å². The quantitative estimate of drug-likeness (QED) is 0.408. The molecule has 0 fully saturated rings. The van der Waals surface area contributed by atoms with Crippen LogP contribution in [0.2, 0.25) is 0 Å². The van der Waals surface area contributed by atoms with Gasteiger partial charge in [0.2, 0.25) is 0 Å². The lowest BCUT2D eigenvalue weighted by Crippen LogP contribution is -2.48. The summed E-state index contributed by atoms with van der Waals surface area (Å²) in [5.74, 6) is 0.0428. The Kier molecular flexibility index (Phi) is 7.60. The highest BCUT2D eigenvalue weighted by atomic mass is 16.5. The van der Waals surface area contributed by atoms with Gasteiger partial charge < -0.3 is 10.1 Å². The number of nitrogens with one attached hydrogen (secondary N) is 2. The smallest absolute Gasteiger partial charge is 0.262 e. The number of amides is 2. The molecule has 6 heteroatoms. The van der Waals surface area contributed by atoms with Crippen LogP contribution >= 0.6 is 0 Å². The summed E-state index contributed by atoms with van der Waals surface area (Å²) >= 11 is 0. The van der Waals surface area contributed by atoms with Crippen molar-refractivity contribution in [2.45, 2.75) is 33.7 Å². The van der Waals surface area contributed by atoms with E-state index in [1.165, 1.54) is 0 Å². The number of aryl methyl sites for hydroxylation is 1. The van der Waals surface area contributed by atoms with Crippen LogP contribution in [0.5, 0.6) is 5.75 Å². The van der Waals surface area contributed by atoms with Crippen molar-refractivity contribution in [3.8, 4) is 5.75 Å². The maximum absolute atomic E-state index is 12.7. The molecule has 0 heterocycles. The van der Waals surface area contributed by atoms with Crippen LogP contribution in [0.3, 0.4) is 0 Å². The van der Waals surface area contributed by atoms with Gasteiger partial charge >= 0.3 is 0 Å². The van der Waals surface area contributed by atoms with Crippen molar-refractivity contribution >= 4 is 28.8 Å². The third-order valence-corrected chi connectivity index (χ3v) is 5.15. The number of carbonyl (C=O) groups is 2. The number of fused-ring (bicyclic) bond motifs is 1. The van der Waals surface area contributed by atoms with Crippen molar-refractivity contribution in [2.24, 2.45) is 11.0 Å². The van der Waals surface area contributed by atoms with E-state index in [0.717, 1.165) is 27.6 Å². The van der Waals surface area contributed by atoms with E-state index in [2.05, 4.69) is 15.8 Å². The van der Waals surface area contributed by atoms with Gasteiger partial charge in [0, 0.05) is 16.5 Å². The monoisotopic (exact) mass is 431 g/mol. The highest BCUT2D eigenvalue weighted by molar-refractivity contribution is 6.03. The molecule has 0 aliphatic carbocycles. The van der Waals surface area contributed by atoms with Crippen LogP contribution in [0, 0.1) is 12.8 Å². The molecule has 166 valence electrons. The Hall–Kier alpha value is -3.67. The van der Waals surface area contributed by atoms with Crippen LogP contribution in [-0.4, -0.2) is 30.7 Å². The van der Waals surface area contributed by atoms with Crippen molar-refractivity contribution in [3.05, 3.63) is 77.4 Å². The van der Waals surface area contributed by atoms with Gasteiger partial charge in [-0.05, 0) is 49.4 Å². The molecule has 6 nitrogen and oxygen atoms in total. The number of hydrogen-bond acceptors (Lipinski definition) is 4. The minimum atomic E-state index is -0.710. The molecule has 1 unspecified atom stereocenters. The predicted molar refractivity (Wildman–Crippen MR) is 128 cm³/mol. The van der Waals surface area contributed by atoms with E-state index in [-0.39, 0.29) is 17.7 Å². The van der Waals surface area contributed by atoms with Gasteiger partial charge in [0.05, 0.1) is 12.8 Å². The molecule has 1 atom stereocenters. The van der Waals surface area contributed by atoms with E-state index < -0.39 is 6.04 Å². The molecule has 0 aliphatic rings. The Morgan fingerprint density at radius 2 is 1.69 bits per heavy atom. The molecular weight excluding hydrogens is 402 g/mol. The minimum absolute atomic E-state index is 0.106. The Morgan fingerprint density at radius 1 is 1.00 bits per heavy atom. The first kappa shape index (κ1) is 23.0. The average Bonchev–Trinajstić information content (AvgIpc) is 2.79. The second kappa shape index (κ2) is 10.6. The standard InChI is InChI=1S/C26H29N3O3/c1-5-32-23-15-14-20(21-8-6-7-9-22(21)23)16-27-29-26(31)24(17(2)3)28-25(30)19-12-10-18(4)11-13-19/h6-17,24H,5H2,1-4H3,(H,28,30)(H,29,31)/b27-16-. The summed E-state index contributed by atoms with van der Waals surface area (Å²) in [5.41, 5.74) is 5.00. The molecule has 0 spiro atoms. The molecule has 32 heavy (non-hydrogen) atoms. The van der Waals surface area contributed by atoms with Crippen LogP contribution in [0.4, 0.5) is 0 Å². The fourth-order valence-corrected chi connectivity index (χ4v) is 3.39. The fourth-order valence-electron chi connectivity index (χ4n) is 3.39. The number of benzene rings is 3. The Balaban J connectivity index is 1.72. The van der Waals surface area contributed by atoms with E-state index >= 15 is 0 Å². The van der Waals surface area contributed by atoms with Gasteiger partial charge in [-0.3, -0.25) is 9.59 Å². The molecule has 0 bridgehead atoms. The normalized spacial score (nSPS) is 12.2. The molecule has 3 aromatic carbocycles. The van der Waals surface area contributed by atoms with Crippen molar-refractivity contribution in [2.75, 3.05) is 6.61 Å². The van der Waals surface area contributed by atoms with Crippen molar-refractivity contribution < 1.29 is 14.3 Å². The van der Waals surface area contributed by atoms with E-state index in [1.54, 1.807) is 18.3 Å². The highest BCUT2D eigenvalue weighted by Gasteiger charge is 2.24. The second-order valence-corrected chi connectivity index (χ2v) is 7.93. The zero-order valence-electron chi connectivity index (χ0n) is 18.9. The largest absolute Gasteiger partial charge is 0.493 e. The Labute approximate surface area is 188 Å². The molecule has 0 aromatic heterocycles. The summed E-state index contributed by atoms with van der Waals surface area (Å²) in [7, 11) is 0. The summed E-state index contributed by atoms with van der Waals surface area (Å²) in [5, 5.41) is 8.91. The summed E-state index contributed by atoms with van der Waals surface area (Å²) < 4.78 is 5.70. The van der Waals surface area contributed by atoms with Crippen LogP contribution in [-0.2, 0) is 4.79 Å². The number of rotatable bonds is 8. The molecule has 2 amide bonds. The summed E-state index contributed by atoms with van der Waals surface area (Å²) in [6.07, 6.45) is 1.61. The van der Waals surface area contributed by atoms with E-state index in [1.807, 2.05) is 76.2 Å². The first-order valence-corrected chi connectivity index (χ1v) is 10.8. The molecule has 3 rings (SSSR count). The maximum Gasteiger partial charge on any atom is 0.262 e. The molecule has 2 N–H and O–H groups in total. The zero-order chi connectivity index (χ0) is 23.1. The van der Waals surface area contributed by atoms with Gasteiger partial charge in [-0.25, -0.2) is 5.43 Å². The van der Waals surface area contributed by atoms with E-state index in [0.29, 0.717) is 12.2 Å². The average molecular weight is 432 g/mol. The van der Waals surface area contributed by atoms with Crippen LogP contribution in [0.1, 0.15) is 42.3 Å². The summed E-state index contributed by atoms with van der Waals surface area (Å²) in [4.78, 5) is 25.3. The first-order valence-electron chi connectivity index (χ1n) is 10.8. The number of ether oxygens (including phenoxy) is 1. The fraction of sp³-hybridized carbons (Fsp3) is 0.269. The highest BCUT2D eigenvalue weighted by Crippen LogP contribution is 2.27. The number of hydrogen-bond donors (Lipinski definition) is 2. The molecule has 0 radical (unpaired) electrons. The molecule has 3 aromatic rings. The van der Waals surface area contributed by atoms with Gasteiger partial charge in [0.25, 0.3) is 11.8 Å². The topological polar surface area (TPSA) is 79.8 Å². The third kappa shape index (κ3) is 5.52. The molecular formula is C26H29N3O3. The van der Waals surface area contributed by atoms with E-state index in [9.17, 15) is 9.59 Å². The molecule has 0 aliphatic heterocycles. The van der Waals surface area contributed by atoms with E-state index in [4.69, 9.17) is 4.74 Å². The number of carbonyl (C=O) groups excluding carboxylic acids is 2. The zero-order valence-corrected chi connectivity index (χ0v) is 18.9. The predicted octanol–water partition coefficient (Wildman–Crippen LogP) is 4.45. The first-order chi connectivity index (χ1) is 15.4. The lowest BCUT2D eigenvalue weighted by atomic mass is 10.0. The number of hydrazone groups is 1. The van der Waals surface area contributed by atoms with Crippen LogP contribution in [0.25, 0.3) is 10.8 Å². The van der Waals surface area contributed by atoms with Gasteiger partial charge in [-0.1, -0.05) is 55.8 Å². The third-order valence-electron chi connectivity index (χ3n) is 5.15. The van der Waals surface area contributed by atoms with Crippen molar-refractivity contribution in [1.82, 2.24) is 10.7 Å². The van der Waals surface area contributed by atoms with Gasteiger partial charge in [-0.2, -0.15) is 5.10 Å². The molecule has 0 saturated carbocycles. The number of nitrogens with zero attached hydrogens (tertiary/aromatic N) is 1. The summed E-state index contributed by atoms with van der Waals surface area (Å²) in [6.45, 7) is 8.24. The lowest BCUT2D eigenvalue weighted by molar-refractivity contribution is -0.123. The Morgan fingerprint density at radius 3 is 2.34 bits per heavy atom. The van der Waals surface area contributed by atoms with Crippen LogP contribution < -0.4 is 15.5 Å². The SMILES string of the molecule is CCOc1ccc(/C=N\NC(=O)C(NC(=O)c2ccc(C)cc2)C(C)C)c2ccccc12. The van der Waals surface area contributed by atoms with Crippen molar-refractivity contribution in [1.29, 1.82) is 0 Å². The molecule has 0 saturated heterocycles. The maximum atomic E-state index is 12.7. The second-order valence-electron chi connectivity index (χ2n) is 7.93. The Bertz CT molecular complexity index is 1120. The lowest BCUT2D eigenvalue weighted by Gasteiger charge is -2.20. The van der Waals surface area contributed by atoms with Crippen LogP contribution in [0.15, 0.2) is 65.8 Å². The minimum Gasteiger partial charge on any atom is -0.493 e. The van der Waals surface area contributed by atoms with Gasteiger partial charge in [0.1, 0.15) is 11.8 Å². The summed E-state index contributed by atoms with van der Waals surface area (Å²) in [6, 6.07) is 18.2. The van der Waals surface area contributed by atoms with Gasteiger partial charge in [0.15, 0.2) is 0 Å².